The highest BCUT2D eigenvalue weighted by molar-refractivity contribution is 5.86. The van der Waals surface area contributed by atoms with Crippen LogP contribution in [0, 0.1) is 13.8 Å². The molecule has 5 nitrogen and oxygen atoms in total. The van der Waals surface area contributed by atoms with Crippen LogP contribution in [-0.4, -0.2) is 41.1 Å². The van der Waals surface area contributed by atoms with Crippen LogP contribution in [0.25, 0.3) is 0 Å². The first-order chi connectivity index (χ1) is 10.2. The van der Waals surface area contributed by atoms with E-state index in [0.29, 0.717) is 13.0 Å². The summed E-state index contributed by atoms with van der Waals surface area (Å²) in [6.07, 6.45) is 0.809. The molecule has 0 atom stereocenters. The van der Waals surface area contributed by atoms with Crippen molar-refractivity contribution in [1.82, 2.24) is 4.90 Å². The van der Waals surface area contributed by atoms with Crippen LogP contribution in [0.1, 0.15) is 37.8 Å². The first-order valence-electron chi connectivity index (χ1n) is 7.36. The Morgan fingerprint density at radius 1 is 1.23 bits per heavy atom. The Bertz CT molecular complexity index is 552. The molecule has 1 aromatic carbocycles. The van der Waals surface area contributed by atoms with Gasteiger partial charge in [0.1, 0.15) is 11.3 Å². The molecule has 1 rings (SSSR count). The van der Waals surface area contributed by atoms with Gasteiger partial charge in [-0.15, -0.1) is 0 Å². The van der Waals surface area contributed by atoms with Crippen molar-refractivity contribution >= 4 is 11.9 Å². The Morgan fingerprint density at radius 3 is 2.41 bits per heavy atom. The molecule has 0 saturated heterocycles. The average molecular weight is 307 g/mol. The minimum absolute atomic E-state index is 0.198. The fourth-order valence-corrected chi connectivity index (χ4v) is 1.84. The molecule has 5 heteroatoms. The van der Waals surface area contributed by atoms with Gasteiger partial charge in [0.05, 0.1) is 6.61 Å². The second kappa shape index (κ2) is 7.29. The maximum atomic E-state index is 12.0. The van der Waals surface area contributed by atoms with Gasteiger partial charge in [-0.05, 0) is 57.4 Å². The highest BCUT2D eigenvalue weighted by atomic mass is 16.5. The van der Waals surface area contributed by atoms with Gasteiger partial charge in [0.2, 0.25) is 5.91 Å². The molecule has 0 saturated carbocycles. The molecule has 0 aliphatic rings. The van der Waals surface area contributed by atoms with Crippen molar-refractivity contribution in [3.63, 3.8) is 0 Å². The third kappa shape index (κ3) is 4.48. The molecule has 0 fully saturated rings. The standard InChI is InChI=1S/C17H25NO4/c1-12-8-9-14(11-13(12)2)22-10-6-7-15(19)18(5)17(3,4)16(20)21/h8-9,11H,6-7,10H2,1-5H3,(H,20,21). The van der Waals surface area contributed by atoms with E-state index < -0.39 is 11.5 Å². The molecule has 0 radical (unpaired) electrons. The highest BCUT2D eigenvalue weighted by Gasteiger charge is 2.34. The topological polar surface area (TPSA) is 66.8 Å². The number of hydrogen-bond acceptors (Lipinski definition) is 3. The van der Waals surface area contributed by atoms with E-state index in [2.05, 4.69) is 0 Å². The maximum absolute atomic E-state index is 12.0. The Labute approximate surface area is 131 Å². The number of carboxylic acid groups (broad SMARTS) is 1. The molecular formula is C17H25NO4. The number of rotatable bonds is 7. The number of aliphatic carboxylic acids is 1. The average Bonchev–Trinajstić information content (AvgIpc) is 2.45. The molecular weight excluding hydrogens is 282 g/mol. The van der Waals surface area contributed by atoms with E-state index in [0.717, 1.165) is 11.3 Å². The number of hydrogen-bond donors (Lipinski definition) is 1. The second-order valence-corrected chi connectivity index (χ2v) is 6.02. The van der Waals surface area contributed by atoms with Gasteiger partial charge in [0.25, 0.3) is 0 Å². The number of benzene rings is 1. The molecule has 0 aliphatic carbocycles. The molecule has 1 amide bonds. The van der Waals surface area contributed by atoms with Gasteiger partial charge in [0, 0.05) is 13.5 Å². The van der Waals surface area contributed by atoms with E-state index in [1.807, 2.05) is 32.0 Å². The lowest BCUT2D eigenvalue weighted by molar-refractivity contribution is -0.155. The zero-order valence-corrected chi connectivity index (χ0v) is 14.0. The van der Waals surface area contributed by atoms with Crippen LogP contribution in [0.5, 0.6) is 5.75 Å². The van der Waals surface area contributed by atoms with Crippen LogP contribution < -0.4 is 4.74 Å². The fraction of sp³-hybridized carbons (Fsp3) is 0.529. The molecule has 0 unspecified atom stereocenters. The summed E-state index contributed by atoms with van der Waals surface area (Å²) >= 11 is 0. The molecule has 1 aromatic rings. The van der Waals surface area contributed by atoms with Crippen LogP contribution in [0.3, 0.4) is 0 Å². The molecule has 0 heterocycles. The maximum Gasteiger partial charge on any atom is 0.329 e. The van der Waals surface area contributed by atoms with Crippen molar-refractivity contribution in [1.29, 1.82) is 0 Å². The van der Waals surface area contributed by atoms with Crippen molar-refractivity contribution < 1.29 is 19.4 Å². The lowest BCUT2D eigenvalue weighted by Crippen LogP contribution is -2.50. The third-order valence-electron chi connectivity index (χ3n) is 4.02. The van der Waals surface area contributed by atoms with E-state index in [4.69, 9.17) is 9.84 Å². The van der Waals surface area contributed by atoms with Gasteiger partial charge in [-0.1, -0.05) is 6.07 Å². The number of likely N-dealkylation sites (N-methyl/N-ethyl adjacent to an activating group) is 1. The summed E-state index contributed by atoms with van der Waals surface area (Å²) in [4.78, 5) is 24.4. The van der Waals surface area contributed by atoms with E-state index in [1.54, 1.807) is 0 Å². The smallest absolute Gasteiger partial charge is 0.329 e. The van der Waals surface area contributed by atoms with Crippen molar-refractivity contribution in [3.05, 3.63) is 29.3 Å². The summed E-state index contributed by atoms with van der Waals surface area (Å²) in [6, 6.07) is 5.87. The van der Waals surface area contributed by atoms with Crippen LogP contribution in [-0.2, 0) is 9.59 Å². The fourth-order valence-electron chi connectivity index (χ4n) is 1.84. The summed E-state index contributed by atoms with van der Waals surface area (Å²) in [5, 5.41) is 9.11. The zero-order chi connectivity index (χ0) is 16.9. The second-order valence-electron chi connectivity index (χ2n) is 6.02. The Hall–Kier alpha value is -2.04. The lowest BCUT2D eigenvalue weighted by Gasteiger charge is -2.31. The van der Waals surface area contributed by atoms with Crippen LogP contribution in [0.15, 0.2) is 18.2 Å². The molecule has 1 N–H and O–H groups in total. The summed E-state index contributed by atoms with van der Waals surface area (Å²) in [5.74, 6) is -0.430. The number of aryl methyl sites for hydroxylation is 2. The minimum atomic E-state index is -1.20. The van der Waals surface area contributed by atoms with Crippen LogP contribution >= 0.6 is 0 Å². The number of carbonyl (C=O) groups excluding carboxylic acids is 1. The van der Waals surface area contributed by atoms with Crippen LogP contribution in [0.4, 0.5) is 0 Å². The van der Waals surface area contributed by atoms with Gasteiger partial charge < -0.3 is 14.7 Å². The predicted molar refractivity (Wildman–Crippen MR) is 85.1 cm³/mol. The highest BCUT2D eigenvalue weighted by Crippen LogP contribution is 2.17. The summed E-state index contributed by atoms with van der Waals surface area (Å²) in [7, 11) is 1.51. The summed E-state index contributed by atoms with van der Waals surface area (Å²) in [5.41, 5.74) is 1.17. The predicted octanol–water partition coefficient (Wildman–Crippen LogP) is 2.78. The first-order valence-corrected chi connectivity index (χ1v) is 7.36. The molecule has 0 aromatic heterocycles. The third-order valence-corrected chi connectivity index (χ3v) is 4.02. The van der Waals surface area contributed by atoms with Crippen molar-refractivity contribution in [2.75, 3.05) is 13.7 Å². The largest absolute Gasteiger partial charge is 0.494 e. The summed E-state index contributed by atoms with van der Waals surface area (Å²) in [6.45, 7) is 7.51. The van der Waals surface area contributed by atoms with Gasteiger partial charge >= 0.3 is 5.97 Å². The van der Waals surface area contributed by atoms with Gasteiger partial charge in [-0.25, -0.2) is 4.79 Å². The van der Waals surface area contributed by atoms with E-state index in [-0.39, 0.29) is 12.3 Å². The number of ether oxygens (including phenoxy) is 1. The van der Waals surface area contributed by atoms with Gasteiger partial charge in [-0.3, -0.25) is 4.79 Å². The Morgan fingerprint density at radius 2 is 1.86 bits per heavy atom. The quantitative estimate of drug-likeness (QED) is 0.787. The van der Waals surface area contributed by atoms with E-state index in [1.165, 1.54) is 31.4 Å². The van der Waals surface area contributed by atoms with Gasteiger partial charge in [-0.2, -0.15) is 0 Å². The molecule has 22 heavy (non-hydrogen) atoms. The van der Waals surface area contributed by atoms with Crippen molar-refractivity contribution in [2.24, 2.45) is 0 Å². The Balaban J connectivity index is 2.42. The molecule has 0 spiro atoms. The van der Waals surface area contributed by atoms with Crippen molar-refractivity contribution in [2.45, 2.75) is 46.1 Å². The zero-order valence-electron chi connectivity index (χ0n) is 14.0. The number of carboxylic acids is 1. The van der Waals surface area contributed by atoms with Crippen LogP contribution in [0.2, 0.25) is 0 Å². The molecule has 0 aliphatic heterocycles. The molecule has 0 bridgehead atoms. The number of nitrogens with zero attached hydrogens (tertiary/aromatic N) is 1. The van der Waals surface area contributed by atoms with Crippen molar-refractivity contribution in [3.8, 4) is 5.75 Å². The molecule has 122 valence electrons. The van der Waals surface area contributed by atoms with E-state index in [9.17, 15) is 9.59 Å². The monoisotopic (exact) mass is 307 g/mol. The summed E-state index contributed by atoms with van der Waals surface area (Å²) < 4.78 is 5.62. The lowest BCUT2D eigenvalue weighted by atomic mass is 10.0. The normalized spacial score (nSPS) is 11.1. The number of amides is 1. The van der Waals surface area contributed by atoms with Gasteiger partial charge in [0.15, 0.2) is 0 Å². The number of carbonyl (C=O) groups is 2. The first kappa shape index (κ1) is 18.0. The SMILES string of the molecule is Cc1ccc(OCCCC(=O)N(C)C(C)(C)C(=O)O)cc1C. The van der Waals surface area contributed by atoms with E-state index >= 15 is 0 Å². The minimum Gasteiger partial charge on any atom is -0.494 e. The Kier molecular flexibility index (Phi) is 5.97.